The molecule has 2 atom stereocenters. The molecule has 2 aliphatic rings. The van der Waals surface area contributed by atoms with Crippen LogP contribution in [0.2, 0.25) is 5.82 Å². The second kappa shape index (κ2) is 3.78. The molecule has 0 aromatic heterocycles. The Morgan fingerprint density at radius 2 is 1.53 bits per heavy atom. The maximum absolute atomic E-state index is 6.26. The van der Waals surface area contributed by atoms with Crippen LogP contribution in [-0.2, 0) is 9.31 Å². The first kappa shape index (κ1) is 11.5. The van der Waals surface area contributed by atoms with E-state index in [1.807, 2.05) is 0 Å². The molecule has 1 aliphatic carbocycles. The molecule has 0 aromatic carbocycles. The van der Waals surface area contributed by atoms with Crippen molar-refractivity contribution in [1.82, 2.24) is 0 Å². The van der Waals surface area contributed by atoms with Gasteiger partial charge in [-0.1, -0.05) is 27.7 Å². The van der Waals surface area contributed by atoms with Gasteiger partial charge in [0.2, 0.25) is 0 Å². The van der Waals surface area contributed by atoms with Crippen molar-refractivity contribution < 1.29 is 9.31 Å². The first-order valence-electron chi connectivity index (χ1n) is 6.45. The summed E-state index contributed by atoms with van der Waals surface area (Å²) in [5.41, 5.74) is 0.0490. The maximum atomic E-state index is 6.26. The molecule has 2 nitrogen and oxygen atoms in total. The second-order valence-corrected chi connectivity index (χ2v) is 5.40. The minimum absolute atomic E-state index is 0.0187. The van der Waals surface area contributed by atoms with Gasteiger partial charge in [0.25, 0.3) is 0 Å². The summed E-state index contributed by atoms with van der Waals surface area (Å²) in [5.74, 6) is 0.461. The normalized spacial score (nSPS) is 40.2. The van der Waals surface area contributed by atoms with Gasteiger partial charge in [0.05, 0.1) is 11.2 Å². The van der Waals surface area contributed by atoms with Gasteiger partial charge in [0, 0.05) is 0 Å². The zero-order valence-electron chi connectivity index (χ0n) is 10.5. The SMILES string of the molecule is CC[C@@]12CCC[C@]1(CC)OB(C(C)C)O2. The molecule has 1 aliphatic heterocycles. The highest BCUT2D eigenvalue weighted by Crippen LogP contribution is 2.54. The van der Waals surface area contributed by atoms with Crippen LogP contribution >= 0.6 is 0 Å². The predicted molar refractivity (Wildman–Crippen MR) is 62.9 cm³/mol. The van der Waals surface area contributed by atoms with E-state index < -0.39 is 0 Å². The van der Waals surface area contributed by atoms with E-state index in [-0.39, 0.29) is 18.3 Å². The van der Waals surface area contributed by atoms with E-state index in [1.54, 1.807) is 0 Å². The Kier molecular flexibility index (Phi) is 2.89. The molecule has 3 heteroatoms. The van der Waals surface area contributed by atoms with Gasteiger partial charge in [-0.25, -0.2) is 0 Å². The number of fused-ring (bicyclic) bond motifs is 1. The summed E-state index contributed by atoms with van der Waals surface area (Å²) < 4.78 is 12.5. The van der Waals surface area contributed by atoms with Crippen LogP contribution in [0, 0.1) is 0 Å². The average Bonchev–Trinajstić information content (AvgIpc) is 2.69. The topological polar surface area (TPSA) is 18.5 Å². The van der Waals surface area contributed by atoms with Crippen LogP contribution in [0.5, 0.6) is 0 Å². The van der Waals surface area contributed by atoms with Crippen molar-refractivity contribution in [3.05, 3.63) is 0 Å². The molecule has 0 spiro atoms. The van der Waals surface area contributed by atoms with Gasteiger partial charge in [-0.15, -0.1) is 0 Å². The molecule has 2 fully saturated rings. The monoisotopic (exact) mass is 210 g/mol. The minimum atomic E-state index is 0.0187. The van der Waals surface area contributed by atoms with Gasteiger partial charge in [-0.3, -0.25) is 0 Å². The van der Waals surface area contributed by atoms with Crippen LogP contribution in [0.3, 0.4) is 0 Å². The van der Waals surface area contributed by atoms with E-state index in [4.69, 9.17) is 9.31 Å². The summed E-state index contributed by atoms with van der Waals surface area (Å²) in [6, 6.07) is 0. The van der Waals surface area contributed by atoms with Crippen LogP contribution in [0.15, 0.2) is 0 Å². The summed E-state index contributed by atoms with van der Waals surface area (Å²) in [5, 5.41) is 0. The van der Waals surface area contributed by atoms with Crippen molar-refractivity contribution in [2.45, 2.75) is 76.8 Å². The lowest BCUT2D eigenvalue weighted by molar-refractivity contribution is -0.0281. The Bertz CT molecular complexity index is 224. The molecule has 86 valence electrons. The quantitative estimate of drug-likeness (QED) is 0.664. The predicted octanol–water partition coefficient (Wildman–Crippen LogP) is 3.41. The Hall–Kier alpha value is -0.0151. The molecule has 15 heavy (non-hydrogen) atoms. The van der Waals surface area contributed by atoms with E-state index in [0.29, 0.717) is 5.82 Å². The molecule has 0 radical (unpaired) electrons. The highest BCUT2D eigenvalue weighted by molar-refractivity contribution is 6.47. The summed E-state index contributed by atoms with van der Waals surface area (Å²) >= 11 is 0. The fourth-order valence-corrected chi connectivity index (χ4v) is 3.35. The molecule has 0 unspecified atom stereocenters. The van der Waals surface area contributed by atoms with E-state index in [1.165, 1.54) is 19.3 Å². The summed E-state index contributed by atoms with van der Waals surface area (Å²) in [6.45, 7) is 8.83. The second-order valence-electron chi connectivity index (χ2n) is 5.40. The summed E-state index contributed by atoms with van der Waals surface area (Å²) in [4.78, 5) is 0. The highest BCUT2D eigenvalue weighted by atomic mass is 16.7. The van der Waals surface area contributed by atoms with Crippen molar-refractivity contribution in [3.8, 4) is 0 Å². The highest BCUT2D eigenvalue weighted by Gasteiger charge is 2.62. The summed E-state index contributed by atoms with van der Waals surface area (Å²) in [6.07, 6.45) is 5.79. The first-order valence-corrected chi connectivity index (χ1v) is 6.45. The lowest BCUT2D eigenvalue weighted by atomic mass is 9.74. The van der Waals surface area contributed by atoms with Crippen molar-refractivity contribution >= 4 is 7.12 Å². The average molecular weight is 210 g/mol. The van der Waals surface area contributed by atoms with Crippen molar-refractivity contribution in [1.29, 1.82) is 0 Å². The molecular formula is C12H23BO2. The Morgan fingerprint density at radius 1 is 1.07 bits per heavy atom. The molecule has 0 bridgehead atoms. The third-order valence-electron chi connectivity index (χ3n) is 4.36. The minimum Gasteiger partial charge on any atom is -0.402 e. The van der Waals surface area contributed by atoms with Gasteiger partial charge in [0.15, 0.2) is 0 Å². The van der Waals surface area contributed by atoms with Crippen LogP contribution in [0.1, 0.15) is 59.8 Å². The lowest BCUT2D eigenvalue weighted by Gasteiger charge is -2.37. The molecule has 1 saturated carbocycles. The molecule has 2 rings (SSSR count). The number of hydrogen-bond acceptors (Lipinski definition) is 2. The van der Waals surface area contributed by atoms with E-state index >= 15 is 0 Å². The molecule has 0 aromatic rings. The van der Waals surface area contributed by atoms with Crippen molar-refractivity contribution in [2.24, 2.45) is 0 Å². The largest absolute Gasteiger partial charge is 0.460 e. The lowest BCUT2D eigenvalue weighted by Crippen LogP contribution is -2.46. The molecule has 1 saturated heterocycles. The third-order valence-corrected chi connectivity index (χ3v) is 4.36. The van der Waals surface area contributed by atoms with Crippen LogP contribution < -0.4 is 0 Å². The fourth-order valence-electron chi connectivity index (χ4n) is 3.35. The Balaban J connectivity index is 2.25. The van der Waals surface area contributed by atoms with Crippen LogP contribution in [-0.4, -0.2) is 18.3 Å². The molecule has 0 amide bonds. The smallest absolute Gasteiger partial charge is 0.402 e. The van der Waals surface area contributed by atoms with Gasteiger partial charge >= 0.3 is 7.12 Å². The Morgan fingerprint density at radius 3 is 1.87 bits per heavy atom. The van der Waals surface area contributed by atoms with E-state index in [9.17, 15) is 0 Å². The third kappa shape index (κ3) is 1.47. The van der Waals surface area contributed by atoms with Gasteiger partial charge in [0.1, 0.15) is 0 Å². The van der Waals surface area contributed by atoms with E-state index in [0.717, 1.165) is 12.8 Å². The standard InChI is InChI=1S/C12H23BO2/c1-5-11-8-7-9-12(11,6-2)15-13(14-11)10(3)4/h10H,5-9H2,1-4H3/t11-,12+. The molecule has 0 N–H and O–H groups in total. The summed E-state index contributed by atoms with van der Waals surface area (Å²) in [7, 11) is 0.0187. The van der Waals surface area contributed by atoms with Crippen LogP contribution in [0.4, 0.5) is 0 Å². The Labute approximate surface area is 93.9 Å². The molecule has 1 heterocycles. The van der Waals surface area contributed by atoms with Crippen molar-refractivity contribution in [2.75, 3.05) is 0 Å². The van der Waals surface area contributed by atoms with E-state index in [2.05, 4.69) is 27.7 Å². The first-order chi connectivity index (χ1) is 7.09. The zero-order chi connectivity index (χ0) is 11.1. The van der Waals surface area contributed by atoms with Crippen molar-refractivity contribution in [3.63, 3.8) is 0 Å². The molecular weight excluding hydrogens is 187 g/mol. The number of rotatable bonds is 3. The maximum Gasteiger partial charge on any atom is 0.460 e. The van der Waals surface area contributed by atoms with Gasteiger partial charge in [-0.2, -0.15) is 0 Å². The zero-order valence-corrected chi connectivity index (χ0v) is 10.5. The van der Waals surface area contributed by atoms with Gasteiger partial charge in [-0.05, 0) is 37.9 Å². The van der Waals surface area contributed by atoms with Crippen LogP contribution in [0.25, 0.3) is 0 Å². The number of hydrogen-bond donors (Lipinski definition) is 0. The fraction of sp³-hybridized carbons (Fsp3) is 1.00. The van der Waals surface area contributed by atoms with Gasteiger partial charge < -0.3 is 9.31 Å².